The van der Waals surface area contributed by atoms with Crippen molar-refractivity contribution in [2.24, 2.45) is 7.05 Å². The zero-order valence-corrected chi connectivity index (χ0v) is 20.0. The molecule has 1 amide bonds. The number of anilines is 2. The fourth-order valence-corrected chi connectivity index (χ4v) is 4.27. The maximum Gasteiger partial charge on any atom is 0.257 e. The van der Waals surface area contributed by atoms with Crippen LogP contribution in [0.1, 0.15) is 10.4 Å². The van der Waals surface area contributed by atoms with E-state index < -0.39 is 27.6 Å². The Hall–Kier alpha value is -3.83. The number of hydrogen-bond donors (Lipinski definition) is 2. The van der Waals surface area contributed by atoms with Crippen LogP contribution >= 0.6 is 11.6 Å². The van der Waals surface area contributed by atoms with Crippen LogP contribution in [0.4, 0.5) is 20.2 Å². The molecule has 0 atom stereocenters. The molecule has 180 valence electrons. The van der Waals surface area contributed by atoms with E-state index in [1.54, 1.807) is 23.9 Å². The van der Waals surface area contributed by atoms with Crippen LogP contribution in [0.2, 0.25) is 5.02 Å². The minimum atomic E-state index is -3.54. The number of benzene rings is 1. The molecule has 1 aromatic carbocycles. The van der Waals surface area contributed by atoms with Crippen LogP contribution in [-0.2, 0) is 17.1 Å². The van der Waals surface area contributed by atoms with Crippen molar-refractivity contribution in [2.75, 3.05) is 16.3 Å². The average molecular weight is 518 g/mol. The number of carbonyl (C=O) groups excluding carboxylic acids is 1. The Morgan fingerprint density at radius 2 is 1.71 bits per heavy atom. The van der Waals surface area contributed by atoms with Gasteiger partial charge in [0.05, 0.1) is 41.3 Å². The van der Waals surface area contributed by atoms with E-state index in [-0.39, 0.29) is 22.0 Å². The largest absolute Gasteiger partial charge is 0.348 e. The Morgan fingerprint density at radius 1 is 1.00 bits per heavy atom. The van der Waals surface area contributed by atoms with Crippen molar-refractivity contribution in [3.8, 4) is 22.5 Å². The van der Waals surface area contributed by atoms with Crippen molar-refractivity contribution in [3.05, 3.63) is 83.4 Å². The highest BCUT2D eigenvalue weighted by atomic mass is 35.5. The lowest BCUT2D eigenvalue weighted by molar-refractivity contribution is 0.102. The number of sulfonamides is 1. The van der Waals surface area contributed by atoms with Gasteiger partial charge in [0.1, 0.15) is 11.6 Å². The number of aromatic nitrogens is 3. The SMILES string of the molecule is Cn1cc(C(=O)Nc2cc(Cl)cc(NS(C)(=O)=O)c2)cc1-c1ncc(F)cc1-c1cncc(F)c1. The summed E-state index contributed by atoms with van der Waals surface area (Å²) < 4.78 is 54.7. The van der Waals surface area contributed by atoms with Gasteiger partial charge in [-0.25, -0.2) is 17.2 Å². The van der Waals surface area contributed by atoms with E-state index in [1.165, 1.54) is 36.5 Å². The van der Waals surface area contributed by atoms with Gasteiger partial charge >= 0.3 is 0 Å². The normalized spacial score (nSPS) is 11.3. The Balaban J connectivity index is 1.67. The highest BCUT2D eigenvalue weighted by Crippen LogP contribution is 2.32. The van der Waals surface area contributed by atoms with E-state index in [1.807, 2.05) is 0 Å². The smallest absolute Gasteiger partial charge is 0.257 e. The van der Waals surface area contributed by atoms with E-state index in [0.717, 1.165) is 18.6 Å². The Morgan fingerprint density at radius 3 is 2.43 bits per heavy atom. The maximum atomic E-state index is 14.0. The predicted molar refractivity (Wildman–Crippen MR) is 130 cm³/mol. The van der Waals surface area contributed by atoms with Gasteiger partial charge in [0.25, 0.3) is 5.91 Å². The number of pyridine rings is 2. The monoisotopic (exact) mass is 517 g/mol. The molecule has 0 aliphatic carbocycles. The molecule has 3 aromatic heterocycles. The fraction of sp³-hybridized carbons (Fsp3) is 0.0870. The maximum absolute atomic E-state index is 14.0. The van der Waals surface area contributed by atoms with Gasteiger partial charge in [-0.1, -0.05) is 11.6 Å². The molecule has 3 heterocycles. The van der Waals surface area contributed by atoms with Crippen LogP contribution in [0.3, 0.4) is 0 Å². The molecule has 0 aliphatic rings. The molecule has 8 nitrogen and oxygen atoms in total. The lowest BCUT2D eigenvalue weighted by Crippen LogP contribution is -2.13. The van der Waals surface area contributed by atoms with Gasteiger partial charge in [-0.15, -0.1) is 0 Å². The van der Waals surface area contributed by atoms with Gasteiger partial charge in [0, 0.05) is 41.3 Å². The van der Waals surface area contributed by atoms with Gasteiger partial charge in [-0.2, -0.15) is 0 Å². The Labute approximate surface area is 204 Å². The third-order valence-electron chi connectivity index (χ3n) is 4.84. The lowest BCUT2D eigenvalue weighted by Gasteiger charge is -2.10. The van der Waals surface area contributed by atoms with Crippen molar-refractivity contribution in [2.45, 2.75) is 0 Å². The van der Waals surface area contributed by atoms with Gasteiger partial charge in [0.15, 0.2) is 0 Å². The third kappa shape index (κ3) is 5.81. The van der Waals surface area contributed by atoms with E-state index in [4.69, 9.17) is 11.6 Å². The summed E-state index contributed by atoms with van der Waals surface area (Å²) in [5, 5.41) is 2.88. The molecule has 4 aromatic rings. The molecule has 0 aliphatic heterocycles. The van der Waals surface area contributed by atoms with Crippen molar-refractivity contribution >= 4 is 38.9 Å². The molecular formula is C23H18ClF2N5O3S. The van der Waals surface area contributed by atoms with E-state index >= 15 is 0 Å². The highest BCUT2D eigenvalue weighted by Gasteiger charge is 2.18. The van der Waals surface area contributed by atoms with Gasteiger partial charge < -0.3 is 9.88 Å². The summed E-state index contributed by atoms with van der Waals surface area (Å²) in [5.41, 5.74) is 2.12. The number of nitrogens with zero attached hydrogens (tertiary/aromatic N) is 3. The zero-order chi connectivity index (χ0) is 25.3. The first-order valence-electron chi connectivity index (χ1n) is 10.0. The highest BCUT2D eigenvalue weighted by molar-refractivity contribution is 7.92. The van der Waals surface area contributed by atoms with Gasteiger partial charge in [-0.3, -0.25) is 19.5 Å². The van der Waals surface area contributed by atoms with Gasteiger partial charge in [0.2, 0.25) is 10.0 Å². The summed E-state index contributed by atoms with van der Waals surface area (Å²) in [6.07, 6.45) is 5.99. The molecule has 0 bridgehead atoms. The van der Waals surface area contributed by atoms with Crippen LogP contribution in [0.15, 0.2) is 61.2 Å². The van der Waals surface area contributed by atoms with Crippen molar-refractivity contribution in [3.63, 3.8) is 0 Å². The van der Waals surface area contributed by atoms with Crippen molar-refractivity contribution < 1.29 is 22.0 Å². The molecule has 0 spiro atoms. The van der Waals surface area contributed by atoms with Crippen LogP contribution in [0.25, 0.3) is 22.5 Å². The number of halogens is 3. The van der Waals surface area contributed by atoms with E-state index in [2.05, 4.69) is 20.0 Å². The summed E-state index contributed by atoms with van der Waals surface area (Å²) in [5.74, 6) is -1.70. The van der Waals surface area contributed by atoms with E-state index in [0.29, 0.717) is 22.5 Å². The summed E-state index contributed by atoms with van der Waals surface area (Å²) in [4.78, 5) is 20.9. The van der Waals surface area contributed by atoms with Crippen LogP contribution in [-0.4, -0.2) is 35.1 Å². The Kier molecular flexibility index (Phi) is 6.55. The number of rotatable bonds is 6. The first-order valence-corrected chi connectivity index (χ1v) is 12.3. The minimum absolute atomic E-state index is 0.188. The van der Waals surface area contributed by atoms with Crippen LogP contribution in [0, 0.1) is 11.6 Å². The summed E-state index contributed by atoms with van der Waals surface area (Å²) in [6.45, 7) is 0. The Bertz CT molecular complexity index is 1560. The first-order chi connectivity index (χ1) is 16.5. The second-order valence-corrected chi connectivity index (χ2v) is 9.91. The number of amides is 1. The molecule has 4 rings (SSSR count). The topological polar surface area (TPSA) is 106 Å². The molecule has 0 saturated heterocycles. The van der Waals surface area contributed by atoms with Crippen molar-refractivity contribution in [1.82, 2.24) is 14.5 Å². The molecule has 0 fully saturated rings. The second kappa shape index (κ2) is 9.43. The molecule has 0 saturated carbocycles. The fourth-order valence-electron chi connectivity index (χ4n) is 3.48. The predicted octanol–water partition coefficient (Wildman–Crippen LogP) is 4.70. The van der Waals surface area contributed by atoms with Crippen LogP contribution in [0.5, 0.6) is 0 Å². The second-order valence-electron chi connectivity index (χ2n) is 7.72. The lowest BCUT2D eigenvalue weighted by atomic mass is 10.0. The summed E-state index contributed by atoms with van der Waals surface area (Å²) >= 11 is 6.06. The van der Waals surface area contributed by atoms with Crippen molar-refractivity contribution in [1.29, 1.82) is 0 Å². The number of aryl methyl sites for hydroxylation is 1. The minimum Gasteiger partial charge on any atom is -0.348 e. The molecule has 12 heteroatoms. The third-order valence-corrected chi connectivity index (χ3v) is 5.66. The first kappa shape index (κ1) is 24.3. The van der Waals surface area contributed by atoms with Gasteiger partial charge in [-0.05, 0) is 36.4 Å². The quantitative estimate of drug-likeness (QED) is 0.385. The van der Waals surface area contributed by atoms with Crippen LogP contribution < -0.4 is 10.0 Å². The molecular weight excluding hydrogens is 500 g/mol. The molecule has 35 heavy (non-hydrogen) atoms. The standard InChI is InChI=1S/C23H18ClF2N5O3S/c1-31-12-14(23(32)29-18-5-15(24)6-19(8-18)30-35(2,33)34)4-21(31)22-20(7-17(26)11-28-22)13-3-16(25)10-27-9-13/h3-12,30H,1-2H3,(H,29,32). The molecule has 2 N–H and O–H groups in total. The van der Waals surface area contributed by atoms with E-state index in [9.17, 15) is 22.0 Å². The summed E-state index contributed by atoms with van der Waals surface area (Å²) in [6, 6.07) is 8.27. The number of carbonyl (C=O) groups is 1. The molecule has 0 radical (unpaired) electrons. The number of nitrogens with one attached hydrogen (secondary N) is 2. The zero-order valence-electron chi connectivity index (χ0n) is 18.4. The number of hydrogen-bond acceptors (Lipinski definition) is 5. The summed E-state index contributed by atoms with van der Waals surface area (Å²) in [7, 11) is -1.86. The molecule has 0 unspecified atom stereocenters. The average Bonchev–Trinajstić information content (AvgIpc) is 3.13.